The number of rotatable bonds is 3. The molecule has 3 rings (SSSR count). The molecule has 0 amide bonds. The second-order valence-corrected chi connectivity index (χ2v) is 8.14. The molecule has 0 radical (unpaired) electrons. The van der Waals surface area contributed by atoms with E-state index in [1.54, 1.807) is 0 Å². The molecule has 1 aliphatic rings. The highest BCUT2D eigenvalue weighted by Crippen LogP contribution is 2.21. The predicted molar refractivity (Wildman–Crippen MR) is 83.9 cm³/mol. The van der Waals surface area contributed by atoms with E-state index in [-0.39, 0.29) is 12.1 Å². The van der Waals surface area contributed by atoms with Crippen LogP contribution < -0.4 is 5.32 Å². The van der Waals surface area contributed by atoms with Gasteiger partial charge >= 0.3 is 0 Å². The summed E-state index contributed by atoms with van der Waals surface area (Å²) in [5, 5.41) is 3.53. The largest absolute Gasteiger partial charge is 0.330 e. The molecule has 1 aromatic carbocycles. The number of benzene rings is 1. The monoisotopic (exact) mass is 307 g/mol. The first-order valence-corrected chi connectivity index (χ1v) is 9.16. The minimum atomic E-state index is -2.81. The lowest BCUT2D eigenvalue weighted by Gasteiger charge is -2.26. The summed E-state index contributed by atoms with van der Waals surface area (Å²) in [7, 11) is -0.784. The number of aromatic nitrogens is 2. The van der Waals surface area contributed by atoms with Crippen LogP contribution in [0.25, 0.3) is 11.0 Å². The minimum absolute atomic E-state index is 0.105. The molecule has 1 aliphatic heterocycles. The fourth-order valence-corrected chi connectivity index (χ4v) is 4.53. The van der Waals surface area contributed by atoms with Gasteiger partial charge in [0.15, 0.2) is 0 Å². The molecule has 2 aromatic rings. The van der Waals surface area contributed by atoms with Crippen LogP contribution in [0.4, 0.5) is 0 Å². The second kappa shape index (κ2) is 5.42. The van der Waals surface area contributed by atoms with Crippen LogP contribution in [0.3, 0.4) is 0 Å². The number of imidazole rings is 1. The number of para-hydroxylation sites is 2. The predicted octanol–water partition coefficient (Wildman–Crippen LogP) is 1.80. The normalized spacial score (nSPS) is 20.7. The van der Waals surface area contributed by atoms with Crippen molar-refractivity contribution in [3.05, 3.63) is 30.1 Å². The minimum Gasteiger partial charge on any atom is -0.330 e. The molecule has 114 valence electrons. The average Bonchev–Trinajstić information content (AvgIpc) is 2.79. The summed E-state index contributed by atoms with van der Waals surface area (Å²) in [4.78, 5) is 4.69. The third-order valence-electron chi connectivity index (χ3n) is 4.25. The van der Waals surface area contributed by atoms with Crippen molar-refractivity contribution in [3.63, 3.8) is 0 Å². The molecule has 5 nitrogen and oxygen atoms in total. The Bertz CT molecular complexity index is 737. The number of hydrogen-bond donors (Lipinski definition) is 1. The van der Waals surface area contributed by atoms with Gasteiger partial charge in [-0.05, 0) is 31.9 Å². The number of nitrogens with zero attached hydrogens (tertiary/aromatic N) is 2. The van der Waals surface area contributed by atoms with E-state index >= 15 is 0 Å². The van der Waals surface area contributed by atoms with Crippen LogP contribution in [0.1, 0.15) is 31.6 Å². The van der Waals surface area contributed by atoms with Crippen LogP contribution in [0.15, 0.2) is 24.3 Å². The van der Waals surface area contributed by atoms with E-state index in [1.807, 2.05) is 25.2 Å². The fourth-order valence-electron chi connectivity index (χ4n) is 3.04. The smallest absolute Gasteiger partial charge is 0.150 e. The van der Waals surface area contributed by atoms with E-state index in [9.17, 15) is 8.42 Å². The average molecular weight is 307 g/mol. The number of fused-ring (bicyclic) bond motifs is 1. The van der Waals surface area contributed by atoms with Crippen molar-refractivity contribution in [2.45, 2.75) is 31.8 Å². The lowest BCUT2D eigenvalue weighted by Crippen LogP contribution is -2.39. The maximum atomic E-state index is 11.5. The van der Waals surface area contributed by atoms with E-state index in [0.29, 0.717) is 24.3 Å². The van der Waals surface area contributed by atoms with Gasteiger partial charge in [0.05, 0.1) is 28.6 Å². The Morgan fingerprint density at radius 2 is 1.95 bits per heavy atom. The van der Waals surface area contributed by atoms with E-state index in [2.05, 4.69) is 27.9 Å². The highest BCUT2D eigenvalue weighted by molar-refractivity contribution is 7.91. The Balaban J connectivity index is 1.75. The van der Waals surface area contributed by atoms with Crippen LogP contribution in [0.2, 0.25) is 0 Å². The van der Waals surface area contributed by atoms with Crippen LogP contribution in [-0.2, 0) is 16.9 Å². The summed E-state index contributed by atoms with van der Waals surface area (Å²) in [5.41, 5.74) is 2.11. The number of nitrogens with one attached hydrogen (secondary N) is 1. The lowest BCUT2D eigenvalue weighted by molar-refractivity contribution is 0.406. The Hall–Kier alpha value is -1.40. The molecular formula is C15H21N3O2S. The van der Waals surface area contributed by atoms with Gasteiger partial charge in [0.2, 0.25) is 0 Å². The van der Waals surface area contributed by atoms with Crippen molar-refractivity contribution >= 4 is 20.9 Å². The van der Waals surface area contributed by atoms with Crippen molar-refractivity contribution in [2.75, 3.05) is 11.5 Å². The molecule has 0 bridgehead atoms. The molecule has 1 saturated heterocycles. The second-order valence-electron chi connectivity index (χ2n) is 5.83. The third-order valence-corrected chi connectivity index (χ3v) is 5.96. The first kappa shape index (κ1) is 14.5. The van der Waals surface area contributed by atoms with Gasteiger partial charge in [0, 0.05) is 13.1 Å². The van der Waals surface area contributed by atoms with Crippen LogP contribution in [-0.4, -0.2) is 35.5 Å². The SMILES string of the molecule is CC(NC1CCS(=O)(=O)CC1)c1nc2ccccc2n1C. The first-order chi connectivity index (χ1) is 9.96. The van der Waals surface area contributed by atoms with Gasteiger partial charge in [-0.15, -0.1) is 0 Å². The molecule has 1 fully saturated rings. The summed E-state index contributed by atoms with van der Waals surface area (Å²) in [6, 6.07) is 8.43. The molecule has 1 atom stereocenters. The summed E-state index contributed by atoms with van der Waals surface area (Å²) < 4.78 is 25.1. The number of hydrogen-bond acceptors (Lipinski definition) is 4. The van der Waals surface area contributed by atoms with E-state index < -0.39 is 9.84 Å². The molecule has 1 N–H and O–H groups in total. The summed E-state index contributed by atoms with van der Waals surface area (Å²) in [6.07, 6.45) is 1.38. The van der Waals surface area contributed by atoms with E-state index in [1.165, 1.54) is 0 Å². The summed E-state index contributed by atoms with van der Waals surface area (Å²) >= 11 is 0. The van der Waals surface area contributed by atoms with Gasteiger partial charge in [-0.1, -0.05) is 12.1 Å². The molecule has 0 saturated carbocycles. The topological polar surface area (TPSA) is 64.0 Å². The highest BCUT2D eigenvalue weighted by Gasteiger charge is 2.25. The summed E-state index contributed by atoms with van der Waals surface area (Å²) in [5.74, 6) is 1.57. The van der Waals surface area contributed by atoms with Crippen LogP contribution >= 0.6 is 0 Å². The standard InChI is InChI=1S/C15H21N3O2S/c1-11(16-12-7-9-21(19,20)10-8-12)15-17-13-5-3-4-6-14(13)18(15)2/h3-6,11-12,16H,7-10H2,1-2H3. The van der Waals surface area contributed by atoms with Crippen molar-refractivity contribution in [1.82, 2.24) is 14.9 Å². The van der Waals surface area contributed by atoms with Gasteiger partial charge in [0.25, 0.3) is 0 Å². The molecule has 6 heteroatoms. The Morgan fingerprint density at radius 1 is 1.29 bits per heavy atom. The fraction of sp³-hybridized carbons (Fsp3) is 0.533. The van der Waals surface area contributed by atoms with Crippen molar-refractivity contribution in [3.8, 4) is 0 Å². The summed E-state index contributed by atoms with van der Waals surface area (Å²) in [6.45, 7) is 2.09. The van der Waals surface area contributed by atoms with E-state index in [0.717, 1.165) is 16.9 Å². The zero-order chi connectivity index (χ0) is 15.0. The molecule has 21 heavy (non-hydrogen) atoms. The van der Waals surface area contributed by atoms with Crippen molar-refractivity contribution in [2.24, 2.45) is 7.05 Å². The zero-order valence-corrected chi connectivity index (χ0v) is 13.2. The maximum absolute atomic E-state index is 11.5. The number of aryl methyl sites for hydroxylation is 1. The quantitative estimate of drug-likeness (QED) is 0.939. The molecule has 0 spiro atoms. The molecule has 2 heterocycles. The molecule has 0 aliphatic carbocycles. The van der Waals surface area contributed by atoms with Gasteiger partial charge in [-0.25, -0.2) is 13.4 Å². The Kier molecular flexibility index (Phi) is 3.75. The van der Waals surface area contributed by atoms with E-state index in [4.69, 9.17) is 0 Å². The van der Waals surface area contributed by atoms with Crippen molar-refractivity contribution < 1.29 is 8.42 Å². The van der Waals surface area contributed by atoms with Gasteiger partial charge in [-0.2, -0.15) is 0 Å². The Labute approximate surface area is 125 Å². The lowest BCUT2D eigenvalue weighted by atomic mass is 10.1. The molecule has 1 unspecified atom stereocenters. The van der Waals surface area contributed by atoms with Gasteiger partial charge in [-0.3, -0.25) is 0 Å². The molecular weight excluding hydrogens is 286 g/mol. The van der Waals surface area contributed by atoms with Gasteiger partial charge < -0.3 is 9.88 Å². The third kappa shape index (κ3) is 2.96. The maximum Gasteiger partial charge on any atom is 0.150 e. The van der Waals surface area contributed by atoms with Crippen molar-refractivity contribution in [1.29, 1.82) is 0 Å². The van der Waals surface area contributed by atoms with Crippen LogP contribution in [0, 0.1) is 0 Å². The van der Waals surface area contributed by atoms with Crippen LogP contribution in [0.5, 0.6) is 0 Å². The molecule has 1 aromatic heterocycles. The number of sulfone groups is 1. The first-order valence-electron chi connectivity index (χ1n) is 7.34. The Morgan fingerprint density at radius 3 is 2.62 bits per heavy atom. The zero-order valence-electron chi connectivity index (χ0n) is 12.4. The van der Waals surface area contributed by atoms with Gasteiger partial charge in [0.1, 0.15) is 15.7 Å². The highest BCUT2D eigenvalue weighted by atomic mass is 32.2.